The Labute approximate surface area is 127 Å². The van der Waals surface area contributed by atoms with Crippen LogP contribution in [-0.2, 0) is 27.5 Å². The molecule has 10 nitrogen and oxygen atoms in total. The molecule has 14 N–H and O–H groups in total. The summed E-state index contributed by atoms with van der Waals surface area (Å²) in [6.07, 6.45) is 0. The van der Waals surface area contributed by atoms with Crippen LogP contribution in [0.4, 0.5) is 0 Å². The van der Waals surface area contributed by atoms with Gasteiger partial charge in [-0.05, 0) is 0 Å². The molecule has 0 radical (unpaired) electrons. The Morgan fingerprint density at radius 3 is 0.692 bits per heavy atom. The Morgan fingerprint density at radius 1 is 0.692 bits per heavy atom. The summed E-state index contributed by atoms with van der Waals surface area (Å²) < 4.78 is 31.6. The van der Waals surface area contributed by atoms with E-state index in [4.69, 9.17) is 17.5 Å². The zero-order valence-electron chi connectivity index (χ0n) is 5.47. The molecule has 90 valence electrons. The van der Waals surface area contributed by atoms with Crippen LogP contribution in [0.2, 0.25) is 0 Å². The van der Waals surface area contributed by atoms with Gasteiger partial charge in [0, 0.05) is 17.1 Å². The molecule has 0 aliphatic rings. The van der Waals surface area contributed by atoms with Gasteiger partial charge in [0.1, 0.15) is 0 Å². The van der Waals surface area contributed by atoms with Crippen LogP contribution >= 0.6 is 0 Å². The maximum absolute atomic E-state index is 8.74. The molecule has 13 heavy (non-hydrogen) atoms. The van der Waals surface area contributed by atoms with Crippen LogP contribution in [0.1, 0.15) is 0 Å². The third-order valence-corrected chi connectivity index (χ3v) is 0. The normalized spacial score (nSPS) is 4.46. The summed E-state index contributed by atoms with van der Waals surface area (Å²) in [6, 6.07) is 0. The van der Waals surface area contributed by atoms with Crippen molar-refractivity contribution in [3.8, 4) is 0 Å². The zero-order valence-corrected chi connectivity index (χ0v) is 7.39. The van der Waals surface area contributed by atoms with Crippen molar-refractivity contribution >= 4 is 61.8 Å². The molecule has 0 rings (SSSR count). The number of hydrogen-bond donors (Lipinski definition) is 2. The van der Waals surface area contributed by atoms with E-state index in [1.54, 1.807) is 0 Å². The van der Waals surface area contributed by atoms with E-state index in [9.17, 15) is 0 Å². The molecule has 0 aliphatic carbocycles. The van der Waals surface area contributed by atoms with Gasteiger partial charge in [0.15, 0.2) is 0 Å². The maximum atomic E-state index is 8.74. The van der Waals surface area contributed by atoms with Gasteiger partial charge in [-0.3, -0.25) is 9.11 Å². The fourth-order valence-corrected chi connectivity index (χ4v) is 0. The number of rotatable bonds is 0. The fourth-order valence-electron chi connectivity index (χ4n) is 0. The Kier molecular flexibility index (Phi) is 240. The van der Waals surface area contributed by atoms with Crippen molar-refractivity contribution in [1.29, 1.82) is 0 Å². The zero-order chi connectivity index (χ0) is 4.50. The van der Waals surface area contributed by atoms with Gasteiger partial charge in [-0.1, -0.05) is 0 Å². The summed E-state index contributed by atoms with van der Waals surface area (Å²) in [4.78, 5) is 0. The van der Waals surface area contributed by atoms with Crippen LogP contribution in [0.5, 0.6) is 0 Å². The van der Waals surface area contributed by atoms with E-state index in [0.29, 0.717) is 0 Å². The van der Waals surface area contributed by atoms with E-state index < -0.39 is 10.4 Å². The monoisotopic (exact) mass is 302 g/mol. The third-order valence-electron chi connectivity index (χ3n) is 0. The van der Waals surface area contributed by atoms with E-state index in [1.807, 2.05) is 0 Å². The van der Waals surface area contributed by atoms with E-state index in [-0.39, 0.29) is 101 Å². The van der Waals surface area contributed by atoms with Crippen LogP contribution in [0.3, 0.4) is 0 Å². The molecule has 0 atom stereocenters. The van der Waals surface area contributed by atoms with Crippen molar-refractivity contribution in [3.05, 3.63) is 0 Å². The molecule has 0 aromatic rings. The second-order valence-corrected chi connectivity index (χ2v) is 1.34. The van der Waals surface area contributed by atoms with Crippen molar-refractivity contribution in [3.63, 3.8) is 0 Å². The first kappa shape index (κ1) is 83.9. The van der Waals surface area contributed by atoms with Crippen LogP contribution in [0, 0.1) is 0 Å². The molecule has 0 unspecified atom stereocenters. The molecule has 13 heteroatoms. The molecule has 0 saturated heterocycles. The molecule has 0 fully saturated rings. The first-order valence-corrected chi connectivity index (χ1v) is 2.10. The molecule has 0 amide bonds. The topological polar surface area (TPSA) is 264 Å². The average molecular weight is 302 g/mol. The van der Waals surface area contributed by atoms with Crippen molar-refractivity contribution in [2.45, 2.75) is 0 Å². The van der Waals surface area contributed by atoms with Gasteiger partial charge in [0.25, 0.3) is 0 Å². The minimum atomic E-state index is -4.67. The van der Waals surface area contributed by atoms with Crippen molar-refractivity contribution in [2.24, 2.45) is 0 Å². The Hall–Kier alpha value is 1.79. The second-order valence-electron chi connectivity index (χ2n) is 0.448. The molecule has 0 spiro atoms. The Balaban J connectivity index is -0.00000000286. The summed E-state index contributed by atoms with van der Waals surface area (Å²) >= 11 is 0. The number of hydrogen-bond acceptors (Lipinski definition) is 2. The Bertz CT molecular complexity index is 98.1. The molecule has 0 heterocycles. The molecule has 0 saturated carbocycles. The van der Waals surface area contributed by atoms with Crippen molar-refractivity contribution < 1.29 is 67.4 Å². The quantitative estimate of drug-likeness (QED) is 0.326. The van der Waals surface area contributed by atoms with Gasteiger partial charge in [-0.15, -0.1) is 0 Å². The summed E-state index contributed by atoms with van der Waals surface area (Å²) in [5.74, 6) is 0. The van der Waals surface area contributed by atoms with Crippen molar-refractivity contribution in [2.75, 3.05) is 0 Å². The second kappa shape index (κ2) is 37.2. The van der Waals surface area contributed by atoms with Gasteiger partial charge in [0.05, 0.1) is 0 Å². The predicted octanol–water partition coefficient (Wildman–Crippen LogP) is -6.25. The van der Waals surface area contributed by atoms with E-state index in [1.165, 1.54) is 0 Å². The Morgan fingerprint density at radius 2 is 0.692 bits per heavy atom. The first-order chi connectivity index (χ1) is 2.00. The van der Waals surface area contributed by atoms with Crippen LogP contribution < -0.4 is 0 Å². The van der Waals surface area contributed by atoms with Crippen LogP contribution in [-0.4, -0.2) is 102 Å². The van der Waals surface area contributed by atoms with Gasteiger partial charge in [0.2, 0.25) is 0 Å². The van der Waals surface area contributed by atoms with Crippen LogP contribution in [0.25, 0.3) is 0 Å². The molecule has 0 aromatic heterocycles. The molecule has 0 bridgehead atoms. The minimum absolute atomic E-state index is 0. The third kappa shape index (κ3) is 600. The van der Waals surface area contributed by atoms with E-state index in [0.717, 1.165) is 0 Å². The molecular weight excluding hydrogens is 287 g/mol. The van der Waals surface area contributed by atoms with Crippen LogP contribution in [0.15, 0.2) is 0 Å². The van der Waals surface area contributed by atoms with E-state index in [2.05, 4.69) is 0 Å². The first-order valence-electron chi connectivity index (χ1n) is 0.698. The summed E-state index contributed by atoms with van der Waals surface area (Å²) in [5.41, 5.74) is 0. The van der Waals surface area contributed by atoms with Gasteiger partial charge < -0.3 is 32.9 Å². The molecule has 0 aliphatic heterocycles. The summed E-state index contributed by atoms with van der Waals surface area (Å²) in [6.45, 7) is 0. The van der Waals surface area contributed by atoms with Gasteiger partial charge >= 0.3 is 61.8 Å². The summed E-state index contributed by atoms with van der Waals surface area (Å²) in [7, 11) is -4.67. The van der Waals surface area contributed by atoms with Gasteiger partial charge in [-0.25, -0.2) is 0 Å². The van der Waals surface area contributed by atoms with Crippen molar-refractivity contribution in [1.82, 2.24) is 0 Å². The predicted molar refractivity (Wildman–Crippen MR) is 43.0 cm³/mol. The SMILES string of the molecule is O.O.O.O.O.O.O=S(=O)(O)O.[Fe].[KH]. The van der Waals surface area contributed by atoms with Gasteiger partial charge in [-0.2, -0.15) is 8.42 Å². The average Bonchev–Trinajstić information content (AvgIpc) is 0.722. The standard InChI is InChI=1S/Fe.K.H2O4S.6H2O.H/c;;1-5(2,3)4;;;;;;;/h;;(H2,1,2,3,4);6*1H2;. The fraction of sp³-hybridized carbons (Fsp3) is 0. The van der Waals surface area contributed by atoms with E-state index >= 15 is 0 Å². The molecule has 0 aromatic carbocycles. The molecular formula is H15FeKO10S. The summed E-state index contributed by atoms with van der Waals surface area (Å²) in [5, 5.41) is 0.